The number of nitrogens with one attached hydrogen (secondary N) is 1. The molecule has 0 fully saturated rings. The molecule has 0 unspecified atom stereocenters. The van der Waals surface area contributed by atoms with Crippen LogP contribution >= 0.6 is 0 Å². The van der Waals surface area contributed by atoms with Crippen molar-refractivity contribution >= 4 is 17.6 Å². The maximum Gasteiger partial charge on any atom is 0.416 e. The van der Waals surface area contributed by atoms with Crippen LogP contribution in [0.15, 0.2) is 18.2 Å². The number of carboxylic acid groups (broad SMARTS) is 1. The number of halogens is 3. The number of hydrogen-bond acceptors (Lipinski definition) is 3. The Labute approximate surface area is 112 Å². The molecule has 0 bridgehead atoms. The number of amides is 1. The van der Waals surface area contributed by atoms with E-state index in [-0.39, 0.29) is 18.7 Å². The molecule has 1 amide bonds. The molecule has 110 valence electrons. The monoisotopic (exact) mass is 290 g/mol. The first-order valence-electron chi connectivity index (χ1n) is 5.70. The van der Waals surface area contributed by atoms with E-state index in [2.05, 4.69) is 5.32 Å². The van der Waals surface area contributed by atoms with Gasteiger partial charge in [-0.25, -0.2) is 4.79 Å². The molecule has 0 aliphatic heterocycles. The van der Waals surface area contributed by atoms with Gasteiger partial charge in [-0.15, -0.1) is 0 Å². The molecule has 0 aliphatic carbocycles. The van der Waals surface area contributed by atoms with Gasteiger partial charge in [0.2, 0.25) is 5.91 Å². The molecule has 0 radical (unpaired) electrons. The highest BCUT2D eigenvalue weighted by Crippen LogP contribution is 2.32. The molecule has 0 spiro atoms. The Morgan fingerprint density at radius 1 is 1.30 bits per heavy atom. The zero-order valence-electron chi connectivity index (χ0n) is 10.3. The predicted molar refractivity (Wildman–Crippen MR) is 65.3 cm³/mol. The fourth-order valence-corrected chi connectivity index (χ4v) is 1.49. The van der Waals surface area contributed by atoms with Gasteiger partial charge in [0.05, 0.1) is 16.8 Å². The van der Waals surface area contributed by atoms with Crippen LogP contribution in [0.1, 0.15) is 28.8 Å². The number of rotatable bonds is 5. The van der Waals surface area contributed by atoms with E-state index in [1.165, 1.54) is 0 Å². The van der Waals surface area contributed by atoms with Crippen LogP contribution < -0.4 is 11.1 Å². The van der Waals surface area contributed by atoms with Crippen LogP contribution in [0.25, 0.3) is 0 Å². The van der Waals surface area contributed by atoms with Crippen molar-refractivity contribution in [2.24, 2.45) is 5.73 Å². The highest BCUT2D eigenvalue weighted by molar-refractivity contribution is 6.00. The van der Waals surface area contributed by atoms with Crippen LogP contribution in [0.2, 0.25) is 0 Å². The number of anilines is 1. The van der Waals surface area contributed by atoms with Crippen LogP contribution in [0.4, 0.5) is 18.9 Å². The Morgan fingerprint density at radius 2 is 1.95 bits per heavy atom. The predicted octanol–water partition coefficient (Wildman–Crippen LogP) is 2.08. The molecule has 0 aromatic heterocycles. The van der Waals surface area contributed by atoms with Crippen LogP contribution in [0.5, 0.6) is 0 Å². The molecule has 0 aliphatic rings. The van der Waals surface area contributed by atoms with Crippen LogP contribution in [-0.4, -0.2) is 23.5 Å². The van der Waals surface area contributed by atoms with Gasteiger partial charge in [0.15, 0.2) is 0 Å². The van der Waals surface area contributed by atoms with E-state index in [0.29, 0.717) is 18.6 Å². The second-order valence-electron chi connectivity index (χ2n) is 4.00. The Balaban J connectivity index is 3.06. The molecule has 0 atom stereocenters. The first-order chi connectivity index (χ1) is 9.25. The summed E-state index contributed by atoms with van der Waals surface area (Å²) in [5, 5.41) is 11.1. The van der Waals surface area contributed by atoms with Gasteiger partial charge < -0.3 is 16.2 Å². The standard InChI is InChI=1S/C12H13F3N2O3/c13-12(14,15)7-3-4-8(11(19)20)9(6-7)17-10(18)2-1-5-16/h3-4,6H,1-2,5,16H2,(H,17,18)(H,19,20). The zero-order valence-corrected chi connectivity index (χ0v) is 10.3. The van der Waals surface area contributed by atoms with Gasteiger partial charge in [0.1, 0.15) is 0 Å². The molecular formula is C12H13F3N2O3. The van der Waals surface area contributed by atoms with Crippen molar-refractivity contribution in [1.82, 2.24) is 0 Å². The van der Waals surface area contributed by atoms with Crippen molar-refractivity contribution in [2.45, 2.75) is 19.0 Å². The second kappa shape index (κ2) is 6.38. The van der Waals surface area contributed by atoms with E-state index < -0.39 is 29.2 Å². The van der Waals surface area contributed by atoms with Crippen molar-refractivity contribution < 1.29 is 27.9 Å². The Morgan fingerprint density at radius 3 is 2.45 bits per heavy atom. The molecule has 1 aromatic carbocycles. The summed E-state index contributed by atoms with van der Waals surface area (Å²) < 4.78 is 37.7. The van der Waals surface area contributed by atoms with E-state index in [9.17, 15) is 22.8 Å². The molecule has 8 heteroatoms. The molecule has 0 heterocycles. The summed E-state index contributed by atoms with van der Waals surface area (Å²) >= 11 is 0. The molecule has 0 saturated carbocycles. The topological polar surface area (TPSA) is 92.4 Å². The number of benzene rings is 1. The summed E-state index contributed by atoms with van der Waals surface area (Å²) in [6, 6.07) is 2.06. The highest BCUT2D eigenvalue weighted by atomic mass is 19.4. The molecule has 4 N–H and O–H groups in total. The van der Waals surface area contributed by atoms with Crippen molar-refractivity contribution in [2.75, 3.05) is 11.9 Å². The Hall–Kier alpha value is -2.09. The summed E-state index contributed by atoms with van der Waals surface area (Å²) in [4.78, 5) is 22.4. The average Bonchev–Trinajstić information content (AvgIpc) is 2.34. The van der Waals surface area contributed by atoms with E-state index >= 15 is 0 Å². The molecule has 1 rings (SSSR count). The first-order valence-corrected chi connectivity index (χ1v) is 5.70. The molecule has 1 aromatic rings. The first kappa shape index (κ1) is 16.0. The lowest BCUT2D eigenvalue weighted by Crippen LogP contribution is -2.17. The third-order valence-electron chi connectivity index (χ3n) is 2.46. The minimum atomic E-state index is -4.62. The number of nitrogens with two attached hydrogens (primary N) is 1. The molecular weight excluding hydrogens is 277 g/mol. The normalized spacial score (nSPS) is 11.2. The van der Waals surface area contributed by atoms with E-state index in [1.54, 1.807) is 0 Å². The second-order valence-corrected chi connectivity index (χ2v) is 4.00. The number of carbonyl (C=O) groups is 2. The number of hydrogen-bond donors (Lipinski definition) is 3. The van der Waals surface area contributed by atoms with Gasteiger partial charge in [-0.05, 0) is 31.2 Å². The van der Waals surface area contributed by atoms with Gasteiger partial charge >= 0.3 is 12.1 Å². The molecule has 5 nitrogen and oxygen atoms in total. The fourth-order valence-electron chi connectivity index (χ4n) is 1.49. The number of carbonyl (C=O) groups excluding carboxylic acids is 1. The smallest absolute Gasteiger partial charge is 0.416 e. The maximum atomic E-state index is 12.6. The van der Waals surface area contributed by atoms with Crippen LogP contribution in [-0.2, 0) is 11.0 Å². The van der Waals surface area contributed by atoms with Crippen molar-refractivity contribution in [1.29, 1.82) is 0 Å². The van der Waals surface area contributed by atoms with E-state index in [4.69, 9.17) is 10.8 Å². The Bertz CT molecular complexity index is 515. The molecule has 20 heavy (non-hydrogen) atoms. The van der Waals surface area contributed by atoms with E-state index in [1.807, 2.05) is 0 Å². The third kappa shape index (κ3) is 4.23. The Kier molecular flexibility index (Phi) is 5.09. The van der Waals surface area contributed by atoms with Crippen LogP contribution in [0.3, 0.4) is 0 Å². The lowest BCUT2D eigenvalue weighted by molar-refractivity contribution is -0.137. The largest absolute Gasteiger partial charge is 0.478 e. The number of alkyl halides is 3. The van der Waals surface area contributed by atoms with Crippen molar-refractivity contribution in [3.63, 3.8) is 0 Å². The summed E-state index contributed by atoms with van der Waals surface area (Å²) in [7, 11) is 0. The van der Waals surface area contributed by atoms with Gasteiger partial charge in [0, 0.05) is 6.42 Å². The van der Waals surface area contributed by atoms with Crippen molar-refractivity contribution in [3.8, 4) is 0 Å². The quantitative estimate of drug-likeness (QED) is 0.774. The van der Waals surface area contributed by atoms with Crippen LogP contribution in [0, 0.1) is 0 Å². The lowest BCUT2D eigenvalue weighted by Gasteiger charge is -2.12. The third-order valence-corrected chi connectivity index (χ3v) is 2.46. The van der Waals surface area contributed by atoms with Crippen molar-refractivity contribution in [3.05, 3.63) is 29.3 Å². The summed E-state index contributed by atoms with van der Waals surface area (Å²) in [6.45, 7) is 0.252. The number of carboxylic acids is 1. The van der Waals surface area contributed by atoms with Gasteiger partial charge in [-0.3, -0.25) is 4.79 Å². The maximum absolute atomic E-state index is 12.6. The zero-order chi connectivity index (χ0) is 15.3. The minimum absolute atomic E-state index is 0.00576. The average molecular weight is 290 g/mol. The molecule has 0 saturated heterocycles. The highest BCUT2D eigenvalue weighted by Gasteiger charge is 2.31. The summed E-state index contributed by atoms with van der Waals surface area (Å²) in [6.07, 6.45) is -4.26. The summed E-state index contributed by atoms with van der Waals surface area (Å²) in [5.41, 5.74) is 3.39. The number of aromatic carboxylic acids is 1. The van der Waals surface area contributed by atoms with E-state index in [0.717, 1.165) is 6.07 Å². The summed E-state index contributed by atoms with van der Waals surface area (Å²) in [5.74, 6) is -2.01. The lowest BCUT2D eigenvalue weighted by atomic mass is 10.1. The van der Waals surface area contributed by atoms with Gasteiger partial charge in [-0.1, -0.05) is 0 Å². The van der Waals surface area contributed by atoms with Gasteiger partial charge in [0.25, 0.3) is 0 Å². The SMILES string of the molecule is NCCCC(=O)Nc1cc(C(F)(F)F)ccc1C(=O)O. The fraction of sp³-hybridized carbons (Fsp3) is 0.333. The minimum Gasteiger partial charge on any atom is -0.478 e. The van der Waals surface area contributed by atoms with Gasteiger partial charge in [-0.2, -0.15) is 13.2 Å².